The van der Waals surface area contributed by atoms with E-state index in [0.29, 0.717) is 11.4 Å². The van der Waals surface area contributed by atoms with Gasteiger partial charge in [0.25, 0.3) is 5.91 Å². The minimum atomic E-state index is -0.920. The highest BCUT2D eigenvalue weighted by Gasteiger charge is 2.24. The van der Waals surface area contributed by atoms with Gasteiger partial charge in [-0.05, 0) is 47.5 Å². The van der Waals surface area contributed by atoms with E-state index in [4.69, 9.17) is 21.1 Å². The molecule has 188 valence electrons. The standard InChI is InChI=1S/C29H25ClN2O5/c1-36-27-8-4-3-7-23(27)20-11-9-19(10-12-20)16-26(29(35)37-2)31-28(34)24-14-13-21(17-25(24)30)32-15-5-6-22(32)18-33/h3-15,17-18,26H,16H2,1-2H3,(H,31,34)/t26-/m0/s1. The summed E-state index contributed by atoms with van der Waals surface area (Å²) in [4.78, 5) is 36.8. The van der Waals surface area contributed by atoms with Gasteiger partial charge < -0.3 is 19.4 Å². The molecule has 0 spiro atoms. The van der Waals surface area contributed by atoms with E-state index in [1.165, 1.54) is 7.11 Å². The van der Waals surface area contributed by atoms with Crippen molar-refractivity contribution in [2.45, 2.75) is 12.5 Å². The number of hydrogen-bond acceptors (Lipinski definition) is 5. The van der Waals surface area contributed by atoms with Gasteiger partial charge in [0.05, 0.1) is 30.5 Å². The van der Waals surface area contributed by atoms with Crippen molar-refractivity contribution in [1.29, 1.82) is 0 Å². The van der Waals surface area contributed by atoms with Gasteiger partial charge in [-0.1, -0.05) is 54.1 Å². The van der Waals surface area contributed by atoms with E-state index in [1.54, 1.807) is 48.2 Å². The summed E-state index contributed by atoms with van der Waals surface area (Å²) in [5, 5.41) is 2.92. The predicted octanol–water partition coefficient (Wildman–Crippen LogP) is 5.13. The van der Waals surface area contributed by atoms with Gasteiger partial charge in [0.1, 0.15) is 11.8 Å². The lowest BCUT2D eigenvalue weighted by atomic mass is 10.00. The molecule has 0 aliphatic heterocycles. The van der Waals surface area contributed by atoms with Crippen molar-refractivity contribution in [2.24, 2.45) is 0 Å². The van der Waals surface area contributed by atoms with Crippen LogP contribution in [0.25, 0.3) is 16.8 Å². The number of nitrogens with zero attached hydrogens (tertiary/aromatic N) is 1. The summed E-state index contributed by atoms with van der Waals surface area (Å²) in [7, 11) is 2.90. The van der Waals surface area contributed by atoms with E-state index < -0.39 is 17.9 Å². The SMILES string of the molecule is COC(=O)[C@H](Cc1ccc(-c2ccccc2OC)cc1)NC(=O)c1ccc(-n2cccc2C=O)cc1Cl. The highest BCUT2D eigenvalue weighted by Crippen LogP contribution is 2.30. The van der Waals surface area contributed by atoms with Crippen molar-refractivity contribution in [3.05, 3.63) is 107 Å². The largest absolute Gasteiger partial charge is 0.496 e. The topological polar surface area (TPSA) is 86.6 Å². The number of para-hydroxylation sites is 1. The van der Waals surface area contributed by atoms with Crippen LogP contribution in [0.3, 0.4) is 0 Å². The van der Waals surface area contributed by atoms with E-state index in [9.17, 15) is 14.4 Å². The van der Waals surface area contributed by atoms with Gasteiger partial charge in [-0.25, -0.2) is 4.79 Å². The third kappa shape index (κ3) is 5.73. The first-order chi connectivity index (χ1) is 17.9. The number of methoxy groups -OCH3 is 2. The van der Waals surface area contributed by atoms with Crippen molar-refractivity contribution in [3.8, 4) is 22.6 Å². The number of benzene rings is 3. The normalized spacial score (nSPS) is 11.4. The highest BCUT2D eigenvalue weighted by atomic mass is 35.5. The molecule has 1 amide bonds. The Balaban J connectivity index is 1.51. The Morgan fingerprint density at radius 1 is 1.00 bits per heavy atom. The Labute approximate surface area is 219 Å². The third-order valence-electron chi connectivity index (χ3n) is 5.98. The summed E-state index contributed by atoms with van der Waals surface area (Å²) < 4.78 is 12.0. The summed E-state index contributed by atoms with van der Waals surface area (Å²) in [6.45, 7) is 0. The number of esters is 1. The highest BCUT2D eigenvalue weighted by molar-refractivity contribution is 6.34. The molecule has 0 aliphatic carbocycles. The number of carbonyl (C=O) groups excluding carboxylic acids is 3. The minimum Gasteiger partial charge on any atom is -0.496 e. The molecule has 0 saturated heterocycles. The van der Waals surface area contributed by atoms with Crippen molar-refractivity contribution in [3.63, 3.8) is 0 Å². The zero-order valence-corrected chi connectivity index (χ0v) is 21.1. The molecule has 37 heavy (non-hydrogen) atoms. The number of amides is 1. The van der Waals surface area contributed by atoms with Crippen LogP contribution in [0.15, 0.2) is 85.1 Å². The first kappa shape index (κ1) is 25.7. The molecule has 3 aromatic carbocycles. The fourth-order valence-corrected chi connectivity index (χ4v) is 4.33. The lowest BCUT2D eigenvalue weighted by molar-refractivity contribution is -0.142. The van der Waals surface area contributed by atoms with Crippen LogP contribution >= 0.6 is 11.6 Å². The molecular formula is C29H25ClN2O5. The Kier molecular flexibility index (Phi) is 8.05. The molecule has 0 fully saturated rings. The maximum absolute atomic E-state index is 13.0. The van der Waals surface area contributed by atoms with Crippen LogP contribution in [0.1, 0.15) is 26.4 Å². The second kappa shape index (κ2) is 11.6. The zero-order valence-electron chi connectivity index (χ0n) is 20.3. The van der Waals surface area contributed by atoms with Crippen LogP contribution < -0.4 is 10.1 Å². The first-order valence-electron chi connectivity index (χ1n) is 11.5. The van der Waals surface area contributed by atoms with Crippen molar-refractivity contribution in [2.75, 3.05) is 14.2 Å². The number of aldehydes is 1. The molecule has 4 aromatic rings. The third-order valence-corrected chi connectivity index (χ3v) is 6.29. The first-order valence-corrected chi connectivity index (χ1v) is 11.9. The van der Waals surface area contributed by atoms with E-state index >= 15 is 0 Å². The Hall–Kier alpha value is -4.36. The molecule has 7 nitrogen and oxygen atoms in total. The summed E-state index contributed by atoms with van der Waals surface area (Å²) in [6, 6.07) is 22.7. The van der Waals surface area contributed by atoms with Crippen LogP contribution in [-0.2, 0) is 16.0 Å². The summed E-state index contributed by atoms with van der Waals surface area (Å²) in [5.41, 5.74) is 4.04. The fraction of sp³-hybridized carbons (Fsp3) is 0.138. The second-order valence-corrected chi connectivity index (χ2v) is 8.64. The Morgan fingerprint density at radius 3 is 2.43 bits per heavy atom. The van der Waals surface area contributed by atoms with Crippen molar-refractivity contribution in [1.82, 2.24) is 9.88 Å². The molecule has 1 heterocycles. The molecule has 8 heteroatoms. The average Bonchev–Trinajstić information content (AvgIpc) is 3.41. The van der Waals surface area contributed by atoms with E-state index in [1.807, 2.05) is 48.5 Å². The van der Waals surface area contributed by atoms with Crippen LogP contribution in [0.4, 0.5) is 0 Å². The van der Waals surface area contributed by atoms with Gasteiger partial charge in [-0.2, -0.15) is 0 Å². The zero-order chi connectivity index (χ0) is 26.4. The monoisotopic (exact) mass is 516 g/mol. The van der Waals surface area contributed by atoms with Gasteiger partial charge in [0.15, 0.2) is 6.29 Å². The van der Waals surface area contributed by atoms with E-state index in [0.717, 1.165) is 28.7 Å². The number of hydrogen-bond donors (Lipinski definition) is 1. The molecule has 1 aromatic heterocycles. The second-order valence-electron chi connectivity index (χ2n) is 8.24. The molecule has 1 N–H and O–H groups in total. The molecular weight excluding hydrogens is 492 g/mol. The van der Waals surface area contributed by atoms with Gasteiger partial charge in [-0.15, -0.1) is 0 Å². The fourth-order valence-electron chi connectivity index (χ4n) is 4.07. The minimum absolute atomic E-state index is 0.185. The molecule has 0 saturated carbocycles. The molecule has 0 unspecified atom stereocenters. The lowest BCUT2D eigenvalue weighted by Gasteiger charge is -2.18. The molecule has 0 radical (unpaired) electrons. The quantitative estimate of drug-likeness (QED) is 0.246. The Morgan fingerprint density at radius 2 is 1.76 bits per heavy atom. The summed E-state index contributed by atoms with van der Waals surface area (Å²) in [5.74, 6) is -0.324. The van der Waals surface area contributed by atoms with Crippen molar-refractivity contribution >= 4 is 29.8 Å². The van der Waals surface area contributed by atoms with E-state index in [-0.39, 0.29) is 17.0 Å². The van der Waals surface area contributed by atoms with Gasteiger partial charge in [-0.3, -0.25) is 9.59 Å². The number of rotatable bonds is 9. The number of halogens is 1. The molecule has 4 rings (SSSR count). The smallest absolute Gasteiger partial charge is 0.328 e. The number of carbonyl (C=O) groups is 3. The molecule has 0 bridgehead atoms. The van der Waals surface area contributed by atoms with Gasteiger partial charge in [0.2, 0.25) is 0 Å². The predicted molar refractivity (Wildman–Crippen MR) is 142 cm³/mol. The van der Waals surface area contributed by atoms with Gasteiger partial charge >= 0.3 is 5.97 Å². The average molecular weight is 517 g/mol. The van der Waals surface area contributed by atoms with Crippen molar-refractivity contribution < 1.29 is 23.9 Å². The number of ether oxygens (including phenoxy) is 2. The maximum Gasteiger partial charge on any atom is 0.328 e. The number of aromatic nitrogens is 1. The number of nitrogens with one attached hydrogen (secondary N) is 1. The summed E-state index contributed by atoms with van der Waals surface area (Å²) in [6.07, 6.45) is 2.69. The maximum atomic E-state index is 13.0. The molecule has 0 aliphatic rings. The van der Waals surface area contributed by atoms with Gasteiger partial charge in [0, 0.05) is 23.9 Å². The van der Waals surface area contributed by atoms with E-state index in [2.05, 4.69) is 5.32 Å². The lowest BCUT2D eigenvalue weighted by Crippen LogP contribution is -2.43. The van der Waals surface area contributed by atoms with Crippen LogP contribution in [0.5, 0.6) is 5.75 Å². The van der Waals surface area contributed by atoms with Crippen LogP contribution in [0, 0.1) is 0 Å². The molecule has 1 atom stereocenters. The van der Waals surface area contributed by atoms with Crippen LogP contribution in [-0.4, -0.2) is 43.0 Å². The Bertz CT molecular complexity index is 1430. The summed E-state index contributed by atoms with van der Waals surface area (Å²) >= 11 is 6.41. The van der Waals surface area contributed by atoms with Crippen LogP contribution in [0.2, 0.25) is 5.02 Å².